The number of likely N-dealkylation sites (N-methyl/N-ethyl adjacent to an activating group) is 1. The topological polar surface area (TPSA) is 35.6 Å². The Morgan fingerprint density at radius 2 is 2.00 bits per heavy atom. The van der Waals surface area contributed by atoms with Crippen LogP contribution in [0.2, 0.25) is 0 Å². The fourth-order valence-electron chi connectivity index (χ4n) is 2.58. The van der Waals surface area contributed by atoms with Crippen LogP contribution in [-0.4, -0.2) is 60.9 Å². The number of nitrogens with zero attached hydrogens (tertiary/aromatic N) is 2. The number of carbonyl (C=O) groups excluding carboxylic acids is 1. The van der Waals surface area contributed by atoms with Crippen molar-refractivity contribution >= 4 is 18.7 Å². The quantitative estimate of drug-likeness (QED) is 0.833. The summed E-state index contributed by atoms with van der Waals surface area (Å²) in [6.45, 7) is 3.63. The molecule has 0 radical (unpaired) electrons. The zero-order valence-corrected chi connectivity index (χ0v) is 13.6. The van der Waals surface area contributed by atoms with Crippen LogP contribution >= 0.6 is 12.6 Å². The maximum Gasteiger partial charge on any atom is 0.317 e. The predicted octanol–water partition coefficient (Wildman–Crippen LogP) is 1.87. The summed E-state index contributed by atoms with van der Waals surface area (Å²) < 4.78 is 0. The fourth-order valence-corrected chi connectivity index (χ4v) is 2.80. The van der Waals surface area contributed by atoms with Crippen LogP contribution in [-0.2, 0) is 6.42 Å². The molecule has 2 amide bonds. The second-order valence-corrected chi connectivity index (χ2v) is 6.03. The van der Waals surface area contributed by atoms with Crippen LogP contribution in [0.15, 0.2) is 30.3 Å². The van der Waals surface area contributed by atoms with Gasteiger partial charge in [-0.15, -0.1) is 0 Å². The molecule has 1 aromatic carbocycles. The van der Waals surface area contributed by atoms with Crippen LogP contribution in [0.25, 0.3) is 0 Å². The number of nitrogens with one attached hydrogen (secondary N) is 1. The van der Waals surface area contributed by atoms with E-state index in [0.29, 0.717) is 5.75 Å². The number of hydrogen-bond acceptors (Lipinski definition) is 3. The average Bonchev–Trinajstić information content (AvgIpc) is 2.72. The summed E-state index contributed by atoms with van der Waals surface area (Å²) in [6, 6.07) is 10.3. The maximum atomic E-state index is 12.4. The highest BCUT2D eigenvalue weighted by atomic mass is 32.1. The summed E-state index contributed by atoms with van der Waals surface area (Å²) >= 11 is 4.38. The van der Waals surface area contributed by atoms with Crippen LogP contribution in [0.5, 0.6) is 0 Å². The lowest BCUT2D eigenvalue weighted by Gasteiger charge is -2.25. The van der Waals surface area contributed by atoms with Crippen molar-refractivity contribution in [2.24, 2.45) is 0 Å². The molecule has 1 atom stereocenters. The van der Waals surface area contributed by atoms with Gasteiger partial charge in [0.05, 0.1) is 0 Å². The normalized spacial score (nSPS) is 18.1. The second kappa shape index (κ2) is 8.29. The van der Waals surface area contributed by atoms with Crippen molar-refractivity contribution in [2.75, 3.05) is 39.0 Å². The average molecular weight is 307 g/mol. The Morgan fingerprint density at radius 1 is 1.24 bits per heavy atom. The minimum Gasteiger partial charge on any atom is -0.334 e. The molecule has 0 saturated carbocycles. The Morgan fingerprint density at radius 3 is 2.71 bits per heavy atom. The number of benzene rings is 1. The molecule has 1 aliphatic rings. The van der Waals surface area contributed by atoms with Gasteiger partial charge in [0.1, 0.15) is 0 Å². The van der Waals surface area contributed by atoms with Crippen molar-refractivity contribution in [3.63, 3.8) is 0 Å². The van der Waals surface area contributed by atoms with Crippen molar-refractivity contribution in [3.8, 4) is 0 Å². The van der Waals surface area contributed by atoms with E-state index < -0.39 is 0 Å². The first-order chi connectivity index (χ1) is 10.2. The van der Waals surface area contributed by atoms with Crippen LogP contribution in [0.3, 0.4) is 0 Å². The van der Waals surface area contributed by atoms with Crippen LogP contribution in [0, 0.1) is 0 Å². The molecule has 1 fully saturated rings. The molecule has 21 heavy (non-hydrogen) atoms. The third-order valence-corrected chi connectivity index (χ3v) is 4.32. The van der Waals surface area contributed by atoms with Gasteiger partial charge in [0, 0.05) is 31.4 Å². The SMILES string of the molecule is CN1CCCN(C(=O)NC(CS)Cc2ccccc2)CC1. The van der Waals surface area contributed by atoms with Gasteiger partial charge < -0.3 is 15.1 Å². The van der Waals surface area contributed by atoms with E-state index >= 15 is 0 Å². The minimum atomic E-state index is 0.0419. The molecular weight excluding hydrogens is 282 g/mol. The number of thiol groups is 1. The van der Waals surface area contributed by atoms with Gasteiger partial charge in [-0.05, 0) is 32.0 Å². The maximum absolute atomic E-state index is 12.4. The zero-order valence-electron chi connectivity index (χ0n) is 12.7. The van der Waals surface area contributed by atoms with E-state index in [1.54, 1.807) is 0 Å². The van der Waals surface area contributed by atoms with Crippen LogP contribution < -0.4 is 5.32 Å². The second-order valence-electron chi connectivity index (χ2n) is 5.66. The number of rotatable bonds is 4. The standard InChI is InChI=1S/C16H25N3OS/c1-18-8-5-9-19(11-10-18)16(20)17-15(13-21)12-14-6-3-2-4-7-14/h2-4,6-7,15,21H,5,8-13H2,1H3,(H,17,20). The molecule has 0 aliphatic carbocycles. The molecule has 116 valence electrons. The Balaban J connectivity index is 1.87. The molecule has 0 bridgehead atoms. The van der Waals surface area contributed by atoms with Crippen molar-refractivity contribution < 1.29 is 4.79 Å². The number of hydrogen-bond donors (Lipinski definition) is 2. The Kier molecular flexibility index (Phi) is 6.39. The highest BCUT2D eigenvalue weighted by Gasteiger charge is 2.19. The van der Waals surface area contributed by atoms with E-state index in [2.05, 4.69) is 42.0 Å². The first-order valence-corrected chi connectivity index (χ1v) is 8.21. The van der Waals surface area contributed by atoms with Crippen LogP contribution in [0.1, 0.15) is 12.0 Å². The lowest BCUT2D eigenvalue weighted by Crippen LogP contribution is -2.47. The summed E-state index contributed by atoms with van der Waals surface area (Å²) in [6.07, 6.45) is 1.86. The molecule has 1 aromatic rings. The molecule has 0 aromatic heterocycles. The van der Waals surface area contributed by atoms with Gasteiger partial charge >= 0.3 is 6.03 Å². The van der Waals surface area contributed by atoms with E-state index in [1.165, 1.54) is 5.56 Å². The largest absolute Gasteiger partial charge is 0.334 e. The van der Waals surface area contributed by atoms with Gasteiger partial charge in [0.25, 0.3) is 0 Å². The minimum absolute atomic E-state index is 0.0419. The molecule has 2 rings (SSSR count). The van der Waals surface area contributed by atoms with Gasteiger partial charge in [-0.3, -0.25) is 0 Å². The smallest absolute Gasteiger partial charge is 0.317 e. The molecule has 1 saturated heterocycles. The Labute approximate surface area is 132 Å². The summed E-state index contributed by atoms with van der Waals surface area (Å²) in [5.74, 6) is 0.647. The van der Waals surface area contributed by atoms with Gasteiger partial charge in [0.15, 0.2) is 0 Å². The van der Waals surface area contributed by atoms with Crippen molar-refractivity contribution in [1.82, 2.24) is 15.1 Å². The van der Waals surface area contributed by atoms with E-state index in [-0.39, 0.29) is 12.1 Å². The molecule has 5 heteroatoms. The molecule has 1 unspecified atom stereocenters. The summed E-state index contributed by atoms with van der Waals surface area (Å²) in [4.78, 5) is 16.6. The van der Waals surface area contributed by atoms with Gasteiger partial charge in [-0.1, -0.05) is 30.3 Å². The van der Waals surface area contributed by atoms with Crippen LogP contribution in [0.4, 0.5) is 4.79 Å². The van der Waals surface area contributed by atoms with E-state index in [9.17, 15) is 4.79 Å². The zero-order chi connectivity index (χ0) is 15.1. The van der Waals surface area contributed by atoms with Crippen molar-refractivity contribution in [1.29, 1.82) is 0 Å². The molecule has 1 N–H and O–H groups in total. The lowest BCUT2D eigenvalue weighted by atomic mass is 10.1. The Bertz CT molecular complexity index is 440. The molecule has 1 heterocycles. The van der Waals surface area contributed by atoms with Crippen molar-refractivity contribution in [3.05, 3.63) is 35.9 Å². The summed E-state index contributed by atoms with van der Waals surface area (Å²) in [5.41, 5.74) is 1.23. The molecule has 1 aliphatic heterocycles. The van der Waals surface area contributed by atoms with Crippen molar-refractivity contribution in [2.45, 2.75) is 18.9 Å². The molecule has 0 spiro atoms. The first kappa shape index (κ1) is 16.2. The fraction of sp³-hybridized carbons (Fsp3) is 0.562. The number of urea groups is 1. The highest BCUT2D eigenvalue weighted by Crippen LogP contribution is 2.06. The Hall–Kier alpha value is -1.20. The molecular formula is C16H25N3OS. The molecule has 4 nitrogen and oxygen atoms in total. The van der Waals surface area contributed by atoms with Gasteiger partial charge in [-0.25, -0.2) is 4.79 Å². The van der Waals surface area contributed by atoms with E-state index in [1.807, 2.05) is 23.1 Å². The third kappa shape index (κ3) is 5.25. The summed E-state index contributed by atoms with van der Waals surface area (Å²) in [7, 11) is 2.10. The van der Waals surface area contributed by atoms with Gasteiger partial charge in [-0.2, -0.15) is 12.6 Å². The van der Waals surface area contributed by atoms with E-state index in [0.717, 1.165) is 39.0 Å². The summed E-state index contributed by atoms with van der Waals surface area (Å²) in [5, 5.41) is 3.12. The highest BCUT2D eigenvalue weighted by molar-refractivity contribution is 7.80. The number of amides is 2. The van der Waals surface area contributed by atoms with Gasteiger partial charge in [0.2, 0.25) is 0 Å². The van der Waals surface area contributed by atoms with E-state index in [4.69, 9.17) is 0 Å². The first-order valence-electron chi connectivity index (χ1n) is 7.58. The third-order valence-electron chi connectivity index (χ3n) is 3.88. The predicted molar refractivity (Wildman–Crippen MR) is 90.0 cm³/mol. The monoisotopic (exact) mass is 307 g/mol. The number of carbonyl (C=O) groups is 1. The lowest BCUT2D eigenvalue weighted by molar-refractivity contribution is 0.196.